The quantitative estimate of drug-likeness (QED) is 0.258. The Morgan fingerprint density at radius 3 is 2.06 bits per heavy atom. The number of carbonyl (C=O) groups excluding carboxylic acids is 2. The third-order valence-electron chi connectivity index (χ3n) is 4.21. The van der Waals surface area contributed by atoms with Gasteiger partial charge in [0.25, 0.3) is 11.6 Å². The molecule has 0 atom stereocenters. The van der Waals surface area contributed by atoms with E-state index < -0.39 is 27.4 Å². The summed E-state index contributed by atoms with van der Waals surface area (Å²) in [5.74, 6) is -1.72. The molecule has 0 aliphatic carbocycles. The zero-order chi connectivity index (χ0) is 24.0. The maximum absolute atomic E-state index is 12.3. The molecule has 33 heavy (non-hydrogen) atoms. The molecule has 0 fully saturated rings. The highest BCUT2D eigenvalue weighted by molar-refractivity contribution is 5.95. The fraction of sp³-hybridized carbons (Fsp3) is 0.0526. The molecule has 168 valence electrons. The zero-order valence-electron chi connectivity index (χ0n) is 16.8. The summed E-state index contributed by atoms with van der Waals surface area (Å²) in [6, 6.07) is 10.7. The van der Waals surface area contributed by atoms with Gasteiger partial charge >= 0.3 is 11.7 Å². The molecular formula is C19H15N7O7. The molecular weight excluding hydrogens is 438 g/mol. The summed E-state index contributed by atoms with van der Waals surface area (Å²) < 4.78 is 4.61. The first kappa shape index (κ1) is 22.5. The van der Waals surface area contributed by atoms with Crippen molar-refractivity contribution in [3.05, 3.63) is 86.2 Å². The van der Waals surface area contributed by atoms with Gasteiger partial charge in [0.1, 0.15) is 6.33 Å². The Balaban J connectivity index is 1.77. The molecule has 0 saturated carbocycles. The summed E-state index contributed by atoms with van der Waals surface area (Å²) >= 11 is 0. The molecule has 3 rings (SSSR count). The number of ether oxygens (including phenoxy) is 1. The summed E-state index contributed by atoms with van der Waals surface area (Å²) in [6.07, 6.45) is 1.04. The number of nitro benzene ring substituents is 1. The van der Waals surface area contributed by atoms with Crippen molar-refractivity contribution < 1.29 is 24.2 Å². The van der Waals surface area contributed by atoms with E-state index in [0.29, 0.717) is 5.69 Å². The van der Waals surface area contributed by atoms with Crippen LogP contribution in [0.2, 0.25) is 0 Å². The van der Waals surface area contributed by atoms with Crippen LogP contribution in [0.3, 0.4) is 0 Å². The second kappa shape index (κ2) is 9.78. The smallest absolute Gasteiger partial charge is 0.355 e. The Hall–Kier alpha value is -5.14. The molecule has 0 saturated heterocycles. The summed E-state index contributed by atoms with van der Waals surface area (Å²) in [5.41, 5.74) is 4.61. The Kier molecular flexibility index (Phi) is 6.68. The minimum Gasteiger partial charge on any atom is -0.465 e. The number of nitro groups is 2. The number of non-ortho nitro benzene ring substituents is 1. The maximum atomic E-state index is 12.3. The van der Waals surface area contributed by atoms with Gasteiger partial charge in [-0.1, -0.05) is 0 Å². The predicted molar refractivity (Wildman–Crippen MR) is 114 cm³/mol. The van der Waals surface area contributed by atoms with E-state index in [9.17, 15) is 29.8 Å². The van der Waals surface area contributed by atoms with E-state index in [1.807, 2.05) is 0 Å². The van der Waals surface area contributed by atoms with Crippen LogP contribution < -0.4 is 16.2 Å². The van der Waals surface area contributed by atoms with E-state index >= 15 is 0 Å². The number of anilines is 3. The van der Waals surface area contributed by atoms with Crippen LogP contribution in [-0.2, 0) is 4.74 Å². The summed E-state index contributed by atoms with van der Waals surface area (Å²) in [4.78, 5) is 52.4. The topological polar surface area (TPSA) is 192 Å². The van der Waals surface area contributed by atoms with E-state index in [1.165, 1.54) is 43.5 Å². The molecule has 2 aromatic carbocycles. The van der Waals surface area contributed by atoms with Crippen molar-refractivity contribution in [1.82, 2.24) is 15.4 Å². The largest absolute Gasteiger partial charge is 0.465 e. The molecule has 0 bridgehead atoms. The normalized spacial score (nSPS) is 10.1. The summed E-state index contributed by atoms with van der Waals surface area (Å²) in [5, 5.41) is 25.1. The third-order valence-corrected chi connectivity index (χ3v) is 4.21. The molecule has 1 amide bonds. The lowest BCUT2D eigenvalue weighted by Gasteiger charge is -2.11. The number of hydrogen-bond acceptors (Lipinski definition) is 11. The van der Waals surface area contributed by atoms with Gasteiger partial charge in [-0.2, -0.15) is 0 Å². The van der Waals surface area contributed by atoms with Crippen LogP contribution in [-0.4, -0.2) is 38.8 Å². The highest BCUT2D eigenvalue weighted by Gasteiger charge is 2.24. The molecule has 0 aliphatic rings. The Morgan fingerprint density at radius 1 is 0.879 bits per heavy atom. The molecule has 0 unspecified atom stereocenters. The predicted octanol–water partition coefficient (Wildman–Crippen LogP) is 2.58. The van der Waals surface area contributed by atoms with Crippen LogP contribution in [0.15, 0.2) is 54.9 Å². The number of amides is 1. The minimum atomic E-state index is -0.745. The van der Waals surface area contributed by atoms with Crippen LogP contribution in [0.1, 0.15) is 20.7 Å². The van der Waals surface area contributed by atoms with Gasteiger partial charge in [0.05, 0.1) is 22.5 Å². The zero-order valence-corrected chi connectivity index (χ0v) is 16.8. The van der Waals surface area contributed by atoms with Gasteiger partial charge in [0.2, 0.25) is 11.6 Å². The number of hydrogen-bond donors (Lipinski definition) is 3. The lowest BCUT2D eigenvalue weighted by molar-refractivity contribution is -0.384. The number of benzene rings is 2. The van der Waals surface area contributed by atoms with Crippen molar-refractivity contribution in [2.45, 2.75) is 0 Å². The number of rotatable bonds is 8. The highest BCUT2D eigenvalue weighted by atomic mass is 16.6. The number of esters is 1. The lowest BCUT2D eigenvalue weighted by atomic mass is 10.2. The van der Waals surface area contributed by atoms with Gasteiger partial charge in [0, 0.05) is 23.4 Å². The molecule has 3 aromatic rings. The third kappa shape index (κ3) is 5.32. The molecule has 1 heterocycles. The van der Waals surface area contributed by atoms with E-state index in [-0.39, 0.29) is 28.5 Å². The van der Waals surface area contributed by atoms with Crippen LogP contribution in [0, 0.1) is 20.2 Å². The SMILES string of the molecule is COC(=O)c1ccc(Nc2ncnc(NNC(=O)c3ccc([N+](=O)[O-])cc3)c2[N+](=O)[O-])cc1. The van der Waals surface area contributed by atoms with Crippen molar-refractivity contribution in [2.75, 3.05) is 17.9 Å². The van der Waals surface area contributed by atoms with Crippen LogP contribution in [0.5, 0.6) is 0 Å². The first-order valence-corrected chi connectivity index (χ1v) is 9.05. The van der Waals surface area contributed by atoms with Gasteiger partial charge in [-0.25, -0.2) is 14.8 Å². The van der Waals surface area contributed by atoms with Gasteiger partial charge in [-0.3, -0.25) is 35.9 Å². The Bertz CT molecular complexity index is 1210. The van der Waals surface area contributed by atoms with Crippen molar-refractivity contribution in [1.29, 1.82) is 0 Å². The molecule has 0 radical (unpaired) electrons. The lowest BCUT2D eigenvalue weighted by Crippen LogP contribution is -2.30. The summed E-state index contributed by atoms with van der Waals surface area (Å²) in [6.45, 7) is 0. The number of hydrazine groups is 1. The van der Waals surface area contributed by atoms with Crippen molar-refractivity contribution in [2.24, 2.45) is 0 Å². The van der Waals surface area contributed by atoms with Crippen molar-refractivity contribution in [3.8, 4) is 0 Å². The second-order valence-electron chi connectivity index (χ2n) is 6.25. The van der Waals surface area contributed by atoms with Crippen LogP contribution in [0.4, 0.5) is 28.7 Å². The number of carbonyl (C=O) groups is 2. The monoisotopic (exact) mass is 453 g/mol. The fourth-order valence-corrected chi connectivity index (χ4v) is 2.60. The van der Waals surface area contributed by atoms with Gasteiger partial charge in [-0.15, -0.1) is 0 Å². The molecule has 14 heteroatoms. The van der Waals surface area contributed by atoms with Crippen LogP contribution >= 0.6 is 0 Å². The molecule has 14 nitrogen and oxygen atoms in total. The average Bonchev–Trinajstić information content (AvgIpc) is 2.82. The average molecular weight is 453 g/mol. The number of aromatic nitrogens is 2. The van der Waals surface area contributed by atoms with Crippen molar-refractivity contribution >= 4 is 40.6 Å². The molecule has 0 spiro atoms. The van der Waals surface area contributed by atoms with Crippen LogP contribution in [0.25, 0.3) is 0 Å². The number of nitrogens with zero attached hydrogens (tertiary/aromatic N) is 4. The summed E-state index contributed by atoms with van der Waals surface area (Å²) in [7, 11) is 1.24. The molecule has 3 N–H and O–H groups in total. The van der Waals surface area contributed by atoms with E-state index in [2.05, 4.69) is 30.9 Å². The standard InChI is InChI=1S/C19H15N7O7/c1-33-19(28)12-2-6-13(7-3-12)22-16-15(26(31)32)17(21-10-20-16)23-24-18(27)11-4-8-14(9-5-11)25(29)30/h2-10H,1H3,(H,24,27)(H2,20,21,22,23). The van der Waals surface area contributed by atoms with Gasteiger partial charge in [-0.05, 0) is 36.4 Å². The number of nitrogens with one attached hydrogen (secondary N) is 3. The van der Waals surface area contributed by atoms with Gasteiger partial charge < -0.3 is 10.1 Å². The molecule has 1 aromatic heterocycles. The first-order valence-electron chi connectivity index (χ1n) is 9.05. The number of methoxy groups -OCH3 is 1. The second-order valence-corrected chi connectivity index (χ2v) is 6.25. The van der Waals surface area contributed by atoms with E-state index in [4.69, 9.17) is 0 Å². The maximum Gasteiger partial charge on any atom is 0.355 e. The van der Waals surface area contributed by atoms with E-state index in [1.54, 1.807) is 0 Å². The first-order chi connectivity index (χ1) is 15.8. The Morgan fingerprint density at radius 2 is 1.48 bits per heavy atom. The minimum absolute atomic E-state index is 0.0776. The van der Waals surface area contributed by atoms with Crippen molar-refractivity contribution in [3.63, 3.8) is 0 Å². The molecule has 0 aliphatic heterocycles. The highest BCUT2D eigenvalue weighted by Crippen LogP contribution is 2.30. The van der Waals surface area contributed by atoms with E-state index in [0.717, 1.165) is 18.5 Å². The fourth-order valence-electron chi connectivity index (χ4n) is 2.60. The Labute approximate surface area is 184 Å². The van der Waals surface area contributed by atoms with Gasteiger partial charge in [0.15, 0.2) is 0 Å².